The summed E-state index contributed by atoms with van der Waals surface area (Å²) in [6.07, 6.45) is 6.55. The number of imidazole rings is 1. The number of aromatic nitrogens is 2. The zero-order valence-electron chi connectivity index (χ0n) is 10.3. The molecule has 1 aromatic heterocycles. The zero-order chi connectivity index (χ0) is 12.1. The molecule has 1 saturated heterocycles. The molecule has 0 saturated carbocycles. The number of halogens is 1. The molecule has 2 rings (SSSR count). The van der Waals surface area contributed by atoms with Crippen molar-refractivity contribution in [2.75, 3.05) is 29.9 Å². The monoisotopic (exact) mass is 301 g/mol. The summed E-state index contributed by atoms with van der Waals surface area (Å²) in [6.45, 7) is 6.04. The van der Waals surface area contributed by atoms with Crippen molar-refractivity contribution in [3.8, 4) is 0 Å². The molecule has 2 heterocycles. The van der Waals surface area contributed by atoms with E-state index in [9.17, 15) is 0 Å². The van der Waals surface area contributed by atoms with Gasteiger partial charge in [0.15, 0.2) is 0 Å². The van der Waals surface area contributed by atoms with Gasteiger partial charge in [-0.25, -0.2) is 4.98 Å². The molecule has 1 aromatic rings. The van der Waals surface area contributed by atoms with Gasteiger partial charge in [-0.05, 0) is 19.8 Å². The number of rotatable bonds is 5. The summed E-state index contributed by atoms with van der Waals surface area (Å²) in [5.74, 6) is 1.10. The molecule has 0 atom stereocenters. The van der Waals surface area contributed by atoms with Gasteiger partial charge in [-0.3, -0.25) is 0 Å². The van der Waals surface area contributed by atoms with Crippen LogP contribution in [0, 0.1) is 0 Å². The number of alkyl halides is 1. The van der Waals surface area contributed by atoms with Crippen molar-refractivity contribution < 1.29 is 4.74 Å². The number of hydrogen-bond donors (Lipinski definition) is 0. The van der Waals surface area contributed by atoms with Gasteiger partial charge in [0, 0.05) is 37.4 Å². The van der Waals surface area contributed by atoms with Gasteiger partial charge in [0.25, 0.3) is 0 Å². The molecule has 0 aliphatic carbocycles. The van der Waals surface area contributed by atoms with Crippen LogP contribution in [0.1, 0.15) is 19.8 Å². The lowest BCUT2D eigenvalue weighted by molar-refractivity contribution is 0.0478. The molecule has 1 aliphatic rings. The molecule has 0 aromatic carbocycles. The zero-order valence-corrected chi connectivity index (χ0v) is 11.9. The Morgan fingerprint density at radius 1 is 1.47 bits per heavy atom. The lowest BCUT2D eigenvalue weighted by Crippen LogP contribution is -2.38. The topological polar surface area (TPSA) is 30.3 Å². The Morgan fingerprint density at radius 3 is 2.88 bits per heavy atom. The minimum atomic E-state index is 0.425. The molecule has 0 amide bonds. The predicted octanol–water partition coefficient (Wildman–Crippen LogP) is 2.28. The van der Waals surface area contributed by atoms with E-state index in [1.54, 1.807) is 0 Å². The first-order chi connectivity index (χ1) is 8.35. The number of ether oxygens (including phenoxy) is 1. The van der Waals surface area contributed by atoms with Gasteiger partial charge < -0.3 is 14.2 Å². The lowest BCUT2D eigenvalue weighted by Gasteiger charge is -2.32. The van der Waals surface area contributed by atoms with Gasteiger partial charge in [0.05, 0.1) is 12.7 Å². The molecule has 0 radical (unpaired) electrons. The van der Waals surface area contributed by atoms with Crippen molar-refractivity contribution in [3.05, 3.63) is 12.4 Å². The fraction of sp³-hybridized carbons (Fsp3) is 0.750. The van der Waals surface area contributed by atoms with E-state index in [-0.39, 0.29) is 0 Å². The third-order valence-electron chi connectivity index (χ3n) is 3.19. The van der Waals surface area contributed by atoms with Crippen LogP contribution in [0.2, 0.25) is 0 Å². The maximum absolute atomic E-state index is 5.75. The maximum atomic E-state index is 5.75. The van der Waals surface area contributed by atoms with Crippen LogP contribution in [0.3, 0.4) is 0 Å². The van der Waals surface area contributed by atoms with Gasteiger partial charge >= 0.3 is 0 Å². The Labute approximate surface area is 111 Å². The molecule has 0 unspecified atom stereocenters. The second-order valence-corrected chi connectivity index (χ2v) is 5.05. The van der Waals surface area contributed by atoms with Crippen molar-refractivity contribution in [2.24, 2.45) is 0 Å². The number of aryl methyl sites for hydroxylation is 1. The highest BCUT2D eigenvalue weighted by Gasteiger charge is 2.21. The van der Waals surface area contributed by atoms with E-state index in [1.807, 2.05) is 12.4 Å². The van der Waals surface area contributed by atoms with E-state index < -0.39 is 0 Å². The third kappa shape index (κ3) is 3.22. The first kappa shape index (κ1) is 12.9. The Morgan fingerprint density at radius 2 is 2.24 bits per heavy atom. The lowest BCUT2D eigenvalue weighted by atomic mass is 10.1. The number of anilines is 1. The summed E-state index contributed by atoms with van der Waals surface area (Å²) >= 11 is 3.39. The average molecular weight is 302 g/mol. The van der Waals surface area contributed by atoms with E-state index in [2.05, 4.69) is 37.3 Å². The Balaban J connectivity index is 1.86. The van der Waals surface area contributed by atoms with Crippen LogP contribution in [0.5, 0.6) is 0 Å². The average Bonchev–Trinajstić information content (AvgIpc) is 2.85. The molecule has 0 N–H and O–H groups in total. The van der Waals surface area contributed by atoms with E-state index in [0.717, 1.165) is 50.4 Å². The van der Waals surface area contributed by atoms with E-state index >= 15 is 0 Å². The highest BCUT2D eigenvalue weighted by atomic mass is 79.9. The quantitative estimate of drug-likeness (QED) is 0.782. The second kappa shape index (κ2) is 6.40. The molecule has 0 bridgehead atoms. The SMILES string of the molecule is CCn1ccnc1N1CCC(OCCBr)CC1. The van der Waals surface area contributed by atoms with Gasteiger partial charge in [-0.2, -0.15) is 0 Å². The van der Waals surface area contributed by atoms with Crippen LogP contribution >= 0.6 is 15.9 Å². The number of nitrogens with zero attached hydrogens (tertiary/aromatic N) is 3. The minimum absolute atomic E-state index is 0.425. The number of hydrogen-bond acceptors (Lipinski definition) is 3. The number of piperidine rings is 1. The molecular weight excluding hydrogens is 282 g/mol. The third-order valence-corrected chi connectivity index (χ3v) is 3.51. The molecule has 17 heavy (non-hydrogen) atoms. The summed E-state index contributed by atoms with van der Waals surface area (Å²) < 4.78 is 7.95. The van der Waals surface area contributed by atoms with Crippen molar-refractivity contribution in [1.29, 1.82) is 0 Å². The second-order valence-electron chi connectivity index (χ2n) is 4.26. The van der Waals surface area contributed by atoms with E-state index in [0.29, 0.717) is 6.10 Å². The molecule has 4 nitrogen and oxygen atoms in total. The molecule has 5 heteroatoms. The fourth-order valence-corrected chi connectivity index (χ4v) is 2.45. The van der Waals surface area contributed by atoms with Gasteiger partial charge in [0.1, 0.15) is 0 Å². The molecule has 0 spiro atoms. The summed E-state index contributed by atoms with van der Waals surface area (Å²) in [4.78, 5) is 6.80. The highest BCUT2D eigenvalue weighted by Crippen LogP contribution is 2.19. The van der Waals surface area contributed by atoms with Crippen molar-refractivity contribution in [3.63, 3.8) is 0 Å². The van der Waals surface area contributed by atoms with E-state index in [1.165, 1.54) is 0 Å². The predicted molar refractivity (Wildman–Crippen MR) is 72.9 cm³/mol. The smallest absolute Gasteiger partial charge is 0.205 e. The molecule has 1 fully saturated rings. The first-order valence-corrected chi connectivity index (χ1v) is 7.41. The highest BCUT2D eigenvalue weighted by molar-refractivity contribution is 9.09. The van der Waals surface area contributed by atoms with Crippen molar-refractivity contribution in [2.45, 2.75) is 32.4 Å². The summed E-state index contributed by atoms with van der Waals surface area (Å²) in [7, 11) is 0. The fourth-order valence-electron chi connectivity index (χ4n) is 2.27. The van der Waals surface area contributed by atoms with Crippen LogP contribution in [0.4, 0.5) is 5.95 Å². The largest absolute Gasteiger partial charge is 0.377 e. The normalized spacial score (nSPS) is 17.6. The van der Waals surface area contributed by atoms with Crippen LogP contribution < -0.4 is 4.90 Å². The summed E-state index contributed by atoms with van der Waals surface area (Å²) in [5.41, 5.74) is 0. The Kier molecular flexibility index (Phi) is 4.86. The Bertz CT molecular complexity index is 334. The molecular formula is C12H20BrN3O. The van der Waals surface area contributed by atoms with Crippen LogP contribution in [-0.2, 0) is 11.3 Å². The maximum Gasteiger partial charge on any atom is 0.205 e. The van der Waals surface area contributed by atoms with Gasteiger partial charge in [-0.15, -0.1) is 0 Å². The summed E-state index contributed by atoms with van der Waals surface area (Å²) in [5, 5.41) is 0.924. The first-order valence-electron chi connectivity index (χ1n) is 6.28. The minimum Gasteiger partial charge on any atom is -0.377 e. The van der Waals surface area contributed by atoms with Crippen molar-refractivity contribution in [1.82, 2.24) is 9.55 Å². The standard InChI is InChI=1S/C12H20BrN3O/c1-2-15-9-6-14-12(15)16-7-3-11(4-8-16)17-10-5-13/h6,9,11H,2-5,7-8,10H2,1H3. The Hall–Kier alpha value is -0.550. The summed E-state index contributed by atoms with van der Waals surface area (Å²) in [6, 6.07) is 0. The van der Waals surface area contributed by atoms with Crippen LogP contribution in [0.15, 0.2) is 12.4 Å². The molecule has 96 valence electrons. The van der Waals surface area contributed by atoms with Crippen LogP contribution in [-0.4, -0.2) is 40.7 Å². The van der Waals surface area contributed by atoms with Gasteiger partial charge in [0.2, 0.25) is 5.95 Å². The van der Waals surface area contributed by atoms with E-state index in [4.69, 9.17) is 4.74 Å². The van der Waals surface area contributed by atoms with Crippen molar-refractivity contribution >= 4 is 21.9 Å². The van der Waals surface area contributed by atoms with Gasteiger partial charge in [-0.1, -0.05) is 15.9 Å². The van der Waals surface area contributed by atoms with Crippen LogP contribution in [0.25, 0.3) is 0 Å². The molecule has 1 aliphatic heterocycles.